The van der Waals surface area contributed by atoms with Gasteiger partial charge in [0.1, 0.15) is 0 Å². The first-order valence-corrected chi connectivity index (χ1v) is 8.92. The quantitative estimate of drug-likeness (QED) is 0.582. The van der Waals surface area contributed by atoms with Crippen molar-refractivity contribution in [3.8, 4) is 0 Å². The van der Waals surface area contributed by atoms with Crippen molar-refractivity contribution in [3.63, 3.8) is 0 Å². The summed E-state index contributed by atoms with van der Waals surface area (Å²) in [7, 11) is 4.31. The Hall–Kier alpha value is -0.340. The zero-order valence-electron chi connectivity index (χ0n) is 17.2. The van der Waals surface area contributed by atoms with Crippen molar-refractivity contribution in [2.24, 2.45) is 22.0 Å². The summed E-state index contributed by atoms with van der Waals surface area (Å²) in [5.74, 6) is 0. The summed E-state index contributed by atoms with van der Waals surface area (Å²) in [6, 6.07) is 0. The number of nitrogens with two attached hydrogens (primary N) is 1. The van der Waals surface area contributed by atoms with E-state index in [-0.39, 0.29) is 5.41 Å². The molecule has 0 saturated carbocycles. The van der Waals surface area contributed by atoms with Gasteiger partial charge in [0, 0.05) is 6.54 Å². The first kappa shape index (κ1) is 23.9. The largest absolute Gasteiger partial charge is 0.330 e. The Kier molecular flexibility index (Phi) is 11.3. The van der Waals surface area contributed by atoms with Crippen LogP contribution >= 0.6 is 0 Å². The second-order valence-corrected chi connectivity index (χ2v) is 8.88. The summed E-state index contributed by atoms with van der Waals surface area (Å²) < 4.78 is 0. The molecular formula is C20H44N2. The van der Waals surface area contributed by atoms with Crippen molar-refractivity contribution in [1.82, 2.24) is 4.90 Å². The number of hydrogen-bond acceptors (Lipinski definition) is 2. The van der Waals surface area contributed by atoms with Gasteiger partial charge in [-0.1, -0.05) is 67.5 Å². The van der Waals surface area contributed by atoms with Gasteiger partial charge in [0.05, 0.1) is 0 Å². The summed E-state index contributed by atoms with van der Waals surface area (Å²) in [6.07, 6.45) is 8.17. The fraction of sp³-hybridized carbons (Fsp3) is 0.900. The number of allylic oxidation sites excluding steroid dienone is 2. The molecule has 0 spiro atoms. The summed E-state index contributed by atoms with van der Waals surface area (Å²) in [5, 5.41) is 0. The van der Waals surface area contributed by atoms with Crippen molar-refractivity contribution in [2.45, 2.75) is 74.7 Å². The van der Waals surface area contributed by atoms with Crippen molar-refractivity contribution >= 4 is 0 Å². The van der Waals surface area contributed by atoms with Crippen LogP contribution in [0.4, 0.5) is 0 Å². The maximum Gasteiger partial charge on any atom is 0.00269 e. The van der Waals surface area contributed by atoms with E-state index in [4.69, 9.17) is 5.73 Å². The lowest BCUT2D eigenvalue weighted by Crippen LogP contribution is -2.32. The van der Waals surface area contributed by atoms with Crippen LogP contribution in [0.25, 0.3) is 0 Å². The van der Waals surface area contributed by atoms with Gasteiger partial charge in [0.25, 0.3) is 0 Å². The summed E-state index contributed by atoms with van der Waals surface area (Å²) >= 11 is 0. The summed E-state index contributed by atoms with van der Waals surface area (Å²) in [4.78, 5) is 2.28. The molecule has 0 heterocycles. The molecule has 0 aromatic carbocycles. The molecule has 0 unspecified atom stereocenters. The van der Waals surface area contributed by atoms with Crippen LogP contribution in [0, 0.1) is 16.2 Å². The third-order valence-corrected chi connectivity index (χ3v) is 3.74. The van der Waals surface area contributed by atoms with Crippen LogP contribution in [0.15, 0.2) is 12.2 Å². The second kappa shape index (κ2) is 10.4. The van der Waals surface area contributed by atoms with E-state index in [9.17, 15) is 0 Å². The molecule has 22 heavy (non-hydrogen) atoms. The van der Waals surface area contributed by atoms with Crippen LogP contribution in [0.2, 0.25) is 0 Å². The van der Waals surface area contributed by atoms with E-state index in [0.717, 1.165) is 25.9 Å². The molecule has 0 aromatic rings. The molecule has 0 saturated heterocycles. The molecular weight excluding hydrogens is 268 g/mol. The average molecular weight is 313 g/mol. The highest BCUT2D eigenvalue weighted by molar-refractivity contribution is 4.99. The minimum absolute atomic E-state index is 0.248. The Bertz CT molecular complexity index is 299. The topological polar surface area (TPSA) is 29.3 Å². The van der Waals surface area contributed by atoms with Crippen molar-refractivity contribution < 1.29 is 0 Å². The average Bonchev–Trinajstić information content (AvgIpc) is 2.26. The minimum Gasteiger partial charge on any atom is -0.330 e. The van der Waals surface area contributed by atoms with Crippen LogP contribution in [0.3, 0.4) is 0 Å². The van der Waals surface area contributed by atoms with Crippen LogP contribution < -0.4 is 5.73 Å². The van der Waals surface area contributed by atoms with Crippen LogP contribution in [-0.4, -0.2) is 32.1 Å². The fourth-order valence-corrected chi connectivity index (χ4v) is 3.39. The summed E-state index contributed by atoms with van der Waals surface area (Å²) in [5.41, 5.74) is 6.58. The van der Waals surface area contributed by atoms with E-state index < -0.39 is 0 Å². The Morgan fingerprint density at radius 1 is 0.909 bits per heavy atom. The lowest BCUT2D eigenvalue weighted by Gasteiger charge is -2.35. The van der Waals surface area contributed by atoms with Gasteiger partial charge in [-0.3, -0.25) is 0 Å². The molecule has 134 valence electrons. The lowest BCUT2D eigenvalue weighted by molar-refractivity contribution is 0.176. The van der Waals surface area contributed by atoms with Crippen molar-refractivity contribution in [3.05, 3.63) is 12.2 Å². The van der Waals surface area contributed by atoms with Gasteiger partial charge in [-0.15, -0.1) is 0 Å². The molecule has 0 rings (SSSR count). The summed E-state index contributed by atoms with van der Waals surface area (Å²) in [6.45, 7) is 19.9. The first-order valence-electron chi connectivity index (χ1n) is 8.92. The van der Waals surface area contributed by atoms with E-state index >= 15 is 0 Å². The second-order valence-electron chi connectivity index (χ2n) is 8.88. The molecule has 0 atom stereocenters. The zero-order valence-corrected chi connectivity index (χ0v) is 17.2. The van der Waals surface area contributed by atoms with Crippen molar-refractivity contribution in [2.75, 3.05) is 27.2 Å². The molecule has 0 fully saturated rings. The van der Waals surface area contributed by atoms with Crippen LogP contribution in [-0.2, 0) is 0 Å². The smallest absolute Gasteiger partial charge is 0.00269 e. The molecule has 2 nitrogen and oxygen atoms in total. The normalized spacial score (nSPS) is 13.5. The highest BCUT2D eigenvalue weighted by atomic mass is 15.1. The Balaban J connectivity index is 0. The van der Waals surface area contributed by atoms with Crippen molar-refractivity contribution in [1.29, 1.82) is 0 Å². The first-order chi connectivity index (χ1) is 9.89. The van der Waals surface area contributed by atoms with Gasteiger partial charge in [-0.25, -0.2) is 0 Å². The molecule has 2 heteroatoms. The molecule has 0 aromatic heterocycles. The van der Waals surface area contributed by atoms with E-state index in [0.29, 0.717) is 10.8 Å². The van der Waals surface area contributed by atoms with Gasteiger partial charge >= 0.3 is 0 Å². The zero-order chi connectivity index (χ0) is 18.0. The van der Waals surface area contributed by atoms with E-state index in [1.165, 1.54) is 6.42 Å². The molecule has 0 aliphatic rings. The Morgan fingerprint density at radius 2 is 1.41 bits per heavy atom. The minimum atomic E-state index is 0.248. The van der Waals surface area contributed by atoms with Gasteiger partial charge in [-0.05, 0) is 56.1 Å². The van der Waals surface area contributed by atoms with E-state index in [1.807, 2.05) is 13.8 Å². The Labute approximate surface area is 141 Å². The van der Waals surface area contributed by atoms with Gasteiger partial charge in [0.15, 0.2) is 0 Å². The Morgan fingerprint density at radius 3 is 1.82 bits per heavy atom. The lowest BCUT2D eigenvalue weighted by atomic mass is 9.74. The third-order valence-electron chi connectivity index (χ3n) is 3.74. The molecule has 0 aliphatic heterocycles. The highest BCUT2D eigenvalue weighted by Crippen LogP contribution is 2.36. The molecule has 2 N–H and O–H groups in total. The van der Waals surface area contributed by atoms with Crippen LogP contribution in [0.5, 0.6) is 0 Å². The van der Waals surface area contributed by atoms with Crippen LogP contribution in [0.1, 0.15) is 74.7 Å². The molecule has 0 radical (unpaired) electrons. The highest BCUT2D eigenvalue weighted by Gasteiger charge is 2.27. The maximum absolute atomic E-state index is 5.67. The number of nitrogens with zero attached hydrogens (tertiary/aromatic N) is 1. The molecule has 0 aliphatic carbocycles. The van der Waals surface area contributed by atoms with E-state index in [1.54, 1.807) is 0 Å². The van der Waals surface area contributed by atoms with Gasteiger partial charge in [-0.2, -0.15) is 0 Å². The third kappa shape index (κ3) is 13.3. The number of rotatable bonds is 9. The fourth-order valence-electron chi connectivity index (χ4n) is 3.39. The predicted octanol–water partition coefficient (Wildman–Crippen LogP) is 5.34. The number of hydrogen-bond donors (Lipinski definition) is 1. The van der Waals surface area contributed by atoms with Gasteiger partial charge < -0.3 is 10.6 Å². The van der Waals surface area contributed by atoms with E-state index in [2.05, 4.69) is 72.7 Å². The van der Waals surface area contributed by atoms with Gasteiger partial charge in [0.2, 0.25) is 0 Å². The molecule has 0 bridgehead atoms. The standard InChI is InChI=1S/C18H38N2.C2H6/c1-16(2,12-13-19)10-9-11-17(3,4)14-18(5,6)15-20(7)8;1-2/h9,11H,10,12-15,19H2,1-8H3;1-2H3/b11-9+;. The maximum atomic E-state index is 5.67. The molecule has 0 amide bonds. The predicted molar refractivity (Wildman–Crippen MR) is 103 cm³/mol. The SMILES string of the molecule is CC.CN(C)CC(C)(C)CC(C)(C)/C=C/CC(C)(C)CCN. The monoisotopic (exact) mass is 312 g/mol.